The Morgan fingerprint density at radius 1 is 1.15 bits per heavy atom. The molecule has 3 rings (SSSR count). The van der Waals surface area contributed by atoms with E-state index in [-0.39, 0.29) is 41.3 Å². The monoisotopic (exact) mass is 553 g/mol. The number of aromatic nitrogens is 4. The minimum Gasteiger partial charge on any atom is -0.490 e. The Kier molecular flexibility index (Phi) is 10.5. The molecular formula is C28H33F2N7O3. The standard InChI is InChI=1S/C28H33F2N7O3/c1-7-20(11-19-15-33-37(6)16-19)21-13-26(32-17-31-21)34-23-12-22(35-27(38)8-2)24(14-25(23)40-28(29)30)39-10-9-36(5)18(3)4/h7-8,11-18,28H,1-2,9-10H2,3-6H3,(H,35,38)(H,31,32,34)/b20-11+. The summed E-state index contributed by atoms with van der Waals surface area (Å²) >= 11 is 0. The number of rotatable bonds is 14. The zero-order chi connectivity index (χ0) is 29.2. The molecule has 0 unspecified atom stereocenters. The van der Waals surface area contributed by atoms with Gasteiger partial charge in [0.15, 0.2) is 5.75 Å². The molecule has 2 heterocycles. The van der Waals surface area contributed by atoms with Crippen LogP contribution in [-0.4, -0.2) is 63.4 Å². The molecule has 212 valence electrons. The molecule has 0 saturated heterocycles. The number of carbonyl (C=O) groups excluding carboxylic acids is 1. The van der Waals surface area contributed by atoms with E-state index in [1.165, 1.54) is 18.5 Å². The van der Waals surface area contributed by atoms with Crippen molar-refractivity contribution in [1.82, 2.24) is 24.6 Å². The molecule has 0 bridgehead atoms. The lowest BCUT2D eigenvalue weighted by atomic mass is 10.1. The van der Waals surface area contributed by atoms with Gasteiger partial charge in [-0.2, -0.15) is 13.9 Å². The van der Waals surface area contributed by atoms with Gasteiger partial charge in [0.05, 0.1) is 23.3 Å². The highest BCUT2D eigenvalue weighted by atomic mass is 19.3. The molecule has 0 spiro atoms. The van der Waals surface area contributed by atoms with Crippen molar-refractivity contribution in [3.63, 3.8) is 0 Å². The highest BCUT2D eigenvalue weighted by Crippen LogP contribution is 2.39. The number of hydrogen-bond acceptors (Lipinski definition) is 8. The van der Waals surface area contributed by atoms with Crippen LogP contribution < -0.4 is 20.1 Å². The van der Waals surface area contributed by atoms with Crippen LogP contribution in [0.5, 0.6) is 11.5 Å². The van der Waals surface area contributed by atoms with Gasteiger partial charge >= 0.3 is 6.61 Å². The SMILES string of the molecule is C=CC(=O)Nc1cc(Nc2cc(/C(C=C)=C/c3cnn(C)c3)ncn2)c(OC(F)F)cc1OCCN(C)C(C)C. The smallest absolute Gasteiger partial charge is 0.387 e. The lowest BCUT2D eigenvalue weighted by Gasteiger charge is -2.22. The van der Waals surface area contributed by atoms with Crippen LogP contribution >= 0.6 is 0 Å². The van der Waals surface area contributed by atoms with E-state index in [9.17, 15) is 13.6 Å². The van der Waals surface area contributed by atoms with Crippen LogP contribution in [0.2, 0.25) is 0 Å². The minimum atomic E-state index is -3.11. The third-order valence-electron chi connectivity index (χ3n) is 5.82. The summed E-state index contributed by atoms with van der Waals surface area (Å²) in [6.07, 6.45) is 9.44. The van der Waals surface area contributed by atoms with E-state index < -0.39 is 12.5 Å². The van der Waals surface area contributed by atoms with Crippen molar-refractivity contribution in [2.45, 2.75) is 26.5 Å². The van der Waals surface area contributed by atoms with Crippen LogP contribution in [0.15, 0.2) is 62.2 Å². The molecule has 0 aliphatic heterocycles. The topological polar surface area (TPSA) is 106 Å². The number of carbonyl (C=O) groups is 1. The summed E-state index contributed by atoms with van der Waals surface area (Å²) < 4.78 is 39.1. The fourth-order valence-corrected chi connectivity index (χ4v) is 3.46. The number of allylic oxidation sites excluding steroid dienone is 2. The summed E-state index contributed by atoms with van der Waals surface area (Å²) in [4.78, 5) is 22.7. The first-order valence-corrected chi connectivity index (χ1v) is 12.4. The fourth-order valence-electron chi connectivity index (χ4n) is 3.46. The molecule has 2 N–H and O–H groups in total. The number of aryl methyl sites for hydroxylation is 1. The van der Waals surface area contributed by atoms with Gasteiger partial charge in [0.1, 0.15) is 24.5 Å². The molecule has 12 heteroatoms. The van der Waals surface area contributed by atoms with Gasteiger partial charge in [-0.1, -0.05) is 19.2 Å². The number of nitrogens with zero attached hydrogens (tertiary/aromatic N) is 5. The summed E-state index contributed by atoms with van der Waals surface area (Å²) in [5.41, 5.74) is 2.42. The Hall–Kier alpha value is -4.58. The first-order valence-electron chi connectivity index (χ1n) is 12.4. The molecule has 0 atom stereocenters. The van der Waals surface area contributed by atoms with Gasteiger partial charge in [0.2, 0.25) is 5.91 Å². The van der Waals surface area contributed by atoms with E-state index in [2.05, 4.69) is 43.8 Å². The minimum absolute atomic E-state index is 0.118. The van der Waals surface area contributed by atoms with Crippen LogP contribution in [0.4, 0.5) is 26.0 Å². The lowest BCUT2D eigenvalue weighted by Crippen LogP contribution is -2.30. The Morgan fingerprint density at radius 2 is 1.93 bits per heavy atom. The molecule has 10 nitrogen and oxygen atoms in total. The van der Waals surface area contributed by atoms with Crippen LogP contribution in [0.1, 0.15) is 25.1 Å². The van der Waals surface area contributed by atoms with Gasteiger partial charge in [-0.05, 0) is 39.1 Å². The average Bonchev–Trinajstić information content (AvgIpc) is 3.33. The molecule has 0 radical (unpaired) electrons. The first-order chi connectivity index (χ1) is 19.1. The Morgan fingerprint density at radius 3 is 2.55 bits per heavy atom. The van der Waals surface area contributed by atoms with Crippen molar-refractivity contribution in [1.29, 1.82) is 0 Å². The fraction of sp³-hybridized carbons (Fsp3) is 0.286. The second-order valence-electron chi connectivity index (χ2n) is 9.00. The molecule has 1 aromatic carbocycles. The predicted octanol–water partition coefficient (Wildman–Crippen LogP) is 5.13. The van der Waals surface area contributed by atoms with Gasteiger partial charge in [-0.15, -0.1) is 0 Å². The summed E-state index contributed by atoms with van der Waals surface area (Å²) in [5.74, 6) is -0.256. The van der Waals surface area contributed by atoms with Crippen LogP contribution in [0, 0.1) is 0 Å². The van der Waals surface area contributed by atoms with Crippen molar-refractivity contribution in [2.75, 3.05) is 30.8 Å². The first kappa shape index (κ1) is 30.0. The second kappa shape index (κ2) is 14.0. The molecule has 2 aromatic heterocycles. The van der Waals surface area contributed by atoms with Crippen molar-refractivity contribution in [2.24, 2.45) is 7.05 Å². The number of halogens is 2. The largest absolute Gasteiger partial charge is 0.490 e. The zero-order valence-electron chi connectivity index (χ0n) is 22.9. The van der Waals surface area contributed by atoms with Crippen molar-refractivity contribution in [3.8, 4) is 11.5 Å². The molecule has 0 fully saturated rings. The normalized spacial score (nSPS) is 11.6. The van der Waals surface area contributed by atoms with Gasteiger partial charge in [0.25, 0.3) is 0 Å². The number of amides is 1. The number of nitrogens with one attached hydrogen (secondary N) is 2. The summed E-state index contributed by atoms with van der Waals surface area (Å²) in [6.45, 7) is 9.11. The number of benzene rings is 1. The third kappa shape index (κ3) is 8.46. The lowest BCUT2D eigenvalue weighted by molar-refractivity contribution is -0.111. The van der Waals surface area contributed by atoms with E-state index in [0.717, 1.165) is 11.6 Å². The zero-order valence-corrected chi connectivity index (χ0v) is 22.9. The van der Waals surface area contributed by atoms with Crippen molar-refractivity contribution in [3.05, 3.63) is 73.5 Å². The molecule has 0 aliphatic rings. The molecule has 3 aromatic rings. The van der Waals surface area contributed by atoms with Gasteiger partial charge < -0.3 is 25.0 Å². The molecule has 0 saturated carbocycles. The van der Waals surface area contributed by atoms with Crippen LogP contribution in [0.25, 0.3) is 11.6 Å². The number of anilines is 3. The maximum atomic E-state index is 13.4. The maximum Gasteiger partial charge on any atom is 0.387 e. The highest BCUT2D eigenvalue weighted by Gasteiger charge is 2.18. The summed E-state index contributed by atoms with van der Waals surface area (Å²) in [6, 6.07) is 4.64. The highest BCUT2D eigenvalue weighted by molar-refractivity contribution is 6.00. The number of ether oxygens (including phenoxy) is 2. The Bertz CT molecular complexity index is 1370. The molecule has 40 heavy (non-hydrogen) atoms. The van der Waals surface area contributed by atoms with Crippen molar-refractivity contribution < 1.29 is 23.0 Å². The Balaban J connectivity index is 1.97. The van der Waals surface area contributed by atoms with E-state index in [1.54, 1.807) is 23.0 Å². The number of alkyl halides is 2. The molecule has 0 aliphatic carbocycles. The molecule has 1 amide bonds. The van der Waals surface area contributed by atoms with Gasteiger partial charge in [-0.25, -0.2) is 9.97 Å². The van der Waals surface area contributed by atoms with Gasteiger partial charge in [0, 0.05) is 49.1 Å². The average molecular weight is 554 g/mol. The molecular weight excluding hydrogens is 520 g/mol. The quantitative estimate of drug-likeness (QED) is 0.209. The van der Waals surface area contributed by atoms with Gasteiger partial charge in [-0.3, -0.25) is 9.48 Å². The van der Waals surface area contributed by atoms with Crippen LogP contribution in [0.3, 0.4) is 0 Å². The van der Waals surface area contributed by atoms with E-state index in [0.29, 0.717) is 17.8 Å². The van der Waals surface area contributed by atoms with Crippen molar-refractivity contribution >= 4 is 34.7 Å². The second-order valence-corrected chi connectivity index (χ2v) is 9.00. The van der Waals surface area contributed by atoms with E-state index in [4.69, 9.17) is 9.47 Å². The van der Waals surface area contributed by atoms with E-state index >= 15 is 0 Å². The summed E-state index contributed by atoms with van der Waals surface area (Å²) in [7, 11) is 3.75. The number of hydrogen-bond donors (Lipinski definition) is 2. The number of likely N-dealkylation sites (N-methyl/N-ethyl adjacent to an activating group) is 1. The predicted molar refractivity (Wildman–Crippen MR) is 152 cm³/mol. The van der Waals surface area contributed by atoms with E-state index in [1.807, 2.05) is 40.2 Å². The van der Waals surface area contributed by atoms with Crippen LogP contribution in [-0.2, 0) is 11.8 Å². The third-order valence-corrected chi connectivity index (χ3v) is 5.82. The maximum absolute atomic E-state index is 13.4. The Labute approximate surface area is 232 Å². The summed E-state index contributed by atoms with van der Waals surface area (Å²) in [5, 5.41) is 9.79.